The van der Waals surface area contributed by atoms with Crippen LogP contribution in [0.25, 0.3) is 0 Å². The fourth-order valence-electron chi connectivity index (χ4n) is 3.40. The van der Waals surface area contributed by atoms with Gasteiger partial charge in [-0.05, 0) is 18.6 Å². The Hall–Kier alpha value is -1.95. The van der Waals surface area contributed by atoms with Crippen LogP contribution < -0.4 is 0 Å². The molecular formula is C17H16BrNO4. The lowest BCUT2D eigenvalue weighted by Gasteiger charge is -2.34. The number of ether oxygens (including phenoxy) is 1. The summed E-state index contributed by atoms with van der Waals surface area (Å²) in [5.41, 5.74) is 0.617. The number of hydrogen-bond acceptors (Lipinski definition) is 4. The third-order valence-electron chi connectivity index (χ3n) is 4.30. The minimum Gasteiger partial charge on any atom is -0.449 e. The highest BCUT2D eigenvalue weighted by Gasteiger charge is 2.54. The first-order chi connectivity index (χ1) is 11.0. The van der Waals surface area contributed by atoms with Crippen LogP contribution in [-0.2, 0) is 19.7 Å². The highest BCUT2D eigenvalue weighted by atomic mass is 79.9. The van der Waals surface area contributed by atoms with E-state index in [-0.39, 0.29) is 37.6 Å². The van der Waals surface area contributed by atoms with Gasteiger partial charge in [-0.2, -0.15) is 0 Å². The van der Waals surface area contributed by atoms with E-state index in [1.165, 1.54) is 0 Å². The summed E-state index contributed by atoms with van der Waals surface area (Å²) in [5, 5.41) is 0. The lowest BCUT2D eigenvalue weighted by atomic mass is 9.70. The molecule has 23 heavy (non-hydrogen) atoms. The number of fused-ring (bicyclic) bond motifs is 1. The highest BCUT2D eigenvalue weighted by Crippen LogP contribution is 2.51. The van der Waals surface area contributed by atoms with Gasteiger partial charge in [0.1, 0.15) is 5.78 Å². The molecule has 1 aromatic carbocycles. The maximum atomic E-state index is 12.5. The van der Waals surface area contributed by atoms with Crippen molar-refractivity contribution in [1.82, 2.24) is 4.90 Å². The summed E-state index contributed by atoms with van der Waals surface area (Å²) in [4.78, 5) is 37.9. The molecule has 1 saturated heterocycles. The lowest BCUT2D eigenvalue weighted by Crippen LogP contribution is -2.37. The lowest BCUT2D eigenvalue weighted by molar-refractivity contribution is -0.125. The van der Waals surface area contributed by atoms with E-state index < -0.39 is 11.5 Å². The second kappa shape index (κ2) is 5.92. The van der Waals surface area contributed by atoms with Crippen molar-refractivity contribution in [2.24, 2.45) is 0 Å². The summed E-state index contributed by atoms with van der Waals surface area (Å²) < 4.78 is 5.83. The predicted octanol–water partition coefficient (Wildman–Crippen LogP) is 3.32. The molecule has 6 heteroatoms. The molecule has 0 radical (unpaired) electrons. The monoisotopic (exact) mass is 377 g/mol. The maximum Gasteiger partial charge on any atom is 0.420 e. The van der Waals surface area contributed by atoms with E-state index in [9.17, 15) is 14.4 Å². The Balaban J connectivity index is 2.14. The van der Waals surface area contributed by atoms with Crippen molar-refractivity contribution in [2.75, 3.05) is 6.61 Å². The van der Waals surface area contributed by atoms with Crippen molar-refractivity contribution < 1.29 is 19.1 Å². The predicted molar refractivity (Wildman–Crippen MR) is 86.6 cm³/mol. The molecule has 1 aliphatic heterocycles. The number of allylic oxidation sites excluding steroid dienone is 2. The molecule has 1 atom stereocenters. The molecule has 0 aromatic heterocycles. The molecule has 1 aliphatic carbocycles. The quantitative estimate of drug-likeness (QED) is 0.792. The summed E-state index contributed by atoms with van der Waals surface area (Å²) >= 11 is 3.51. The number of nitrogens with zero attached hydrogens (tertiary/aromatic N) is 1. The molecular weight excluding hydrogens is 362 g/mol. The minimum absolute atomic E-state index is 0.0583. The van der Waals surface area contributed by atoms with Crippen molar-refractivity contribution in [3.63, 3.8) is 0 Å². The van der Waals surface area contributed by atoms with Crippen LogP contribution in [0.4, 0.5) is 4.79 Å². The maximum absolute atomic E-state index is 12.5. The largest absolute Gasteiger partial charge is 0.449 e. The van der Waals surface area contributed by atoms with Gasteiger partial charge < -0.3 is 4.74 Å². The van der Waals surface area contributed by atoms with Gasteiger partial charge in [-0.3, -0.25) is 9.59 Å². The summed E-state index contributed by atoms with van der Waals surface area (Å²) in [5.74, 6) is -0.275. The second-order valence-corrected chi connectivity index (χ2v) is 6.53. The molecule has 2 aliphatic rings. The van der Waals surface area contributed by atoms with E-state index in [2.05, 4.69) is 15.9 Å². The van der Waals surface area contributed by atoms with E-state index in [0.717, 1.165) is 14.9 Å². The van der Waals surface area contributed by atoms with Gasteiger partial charge in [-0.1, -0.05) is 40.2 Å². The average molecular weight is 378 g/mol. The van der Waals surface area contributed by atoms with E-state index in [1.54, 1.807) is 13.0 Å². The summed E-state index contributed by atoms with van der Waals surface area (Å²) in [7, 11) is 0. The van der Waals surface area contributed by atoms with Crippen LogP contribution in [-0.4, -0.2) is 29.3 Å². The molecule has 1 aromatic rings. The summed E-state index contributed by atoms with van der Waals surface area (Å²) in [6.07, 6.45) is 1.54. The van der Waals surface area contributed by atoms with Gasteiger partial charge in [0.15, 0.2) is 0 Å². The van der Waals surface area contributed by atoms with Gasteiger partial charge in [0, 0.05) is 29.4 Å². The first-order valence-electron chi connectivity index (χ1n) is 7.46. The average Bonchev–Trinajstić information content (AvgIpc) is 2.79. The van der Waals surface area contributed by atoms with Gasteiger partial charge in [0.05, 0.1) is 12.0 Å². The standard InChI is InChI=1S/C17H16BrNO4/c1-2-23-16(22)19-14-8-7-11(20)9-17(14,10-15(19)21)12-5-3-4-6-13(12)18/h3-6,8H,2,7,9-10H2,1H3. The number of imide groups is 1. The number of rotatable bonds is 2. The molecule has 5 nitrogen and oxygen atoms in total. The molecule has 1 fully saturated rings. The minimum atomic E-state index is -0.792. The van der Waals surface area contributed by atoms with Crippen molar-refractivity contribution in [1.29, 1.82) is 0 Å². The number of likely N-dealkylation sites (tertiary alicyclic amines) is 1. The summed E-state index contributed by atoms with van der Waals surface area (Å²) in [6, 6.07) is 7.50. The third-order valence-corrected chi connectivity index (χ3v) is 4.99. The van der Waals surface area contributed by atoms with Gasteiger partial charge in [-0.25, -0.2) is 9.69 Å². The van der Waals surface area contributed by atoms with Crippen molar-refractivity contribution in [3.05, 3.63) is 46.1 Å². The number of benzene rings is 1. The smallest absolute Gasteiger partial charge is 0.420 e. The molecule has 0 N–H and O–H groups in total. The van der Waals surface area contributed by atoms with Gasteiger partial charge in [0.25, 0.3) is 0 Å². The first kappa shape index (κ1) is 15.9. The highest BCUT2D eigenvalue weighted by molar-refractivity contribution is 9.10. The second-order valence-electron chi connectivity index (χ2n) is 5.68. The topological polar surface area (TPSA) is 63.7 Å². The van der Waals surface area contributed by atoms with Crippen LogP contribution in [0.3, 0.4) is 0 Å². The van der Waals surface area contributed by atoms with Crippen LogP contribution in [0.2, 0.25) is 0 Å². The van der Waals surface area contributed by atoms with Gasteiger partial charge in [0.2, 0.25) is 5.91 Å². The number of carbonyl (C=O) groups excluding carboxylic acids is 3. The Kier molecular flexibility index (Phi) is 4.10. The Morgan fingerprint density at radius 3 is 2.74 bits per heavy atom. The van der Waals surface area contributed by atoms with Crippen LogP contribution >= 0.6 is 15.9 Å². The molecule has 1 unspecified atom stereocenters. The number of ketones is 1. The fraction of sp³-hybridized carbons (Fsp3) is 0.353. The molecule has 0 bridgehead atoms. The molecule has 2 amide bonds. The number of amides is 2. The fourth-order valence-corrected chi connectivity index (χ4v) is 4.07. The number of carbonyl (C=O) groups is 3. The Morgan fingerprint density at radius 1 is 1.30 bits per heavy atom. The van der Waals surface area contributed by atoms with Crippen molar-refractivity contribution >= 4 is 33.7 Å². The zero-order valence-corrected chi connectivity index (χ0v) is 14.3. The normalized spacial score (nSPS) is 23.6. The van der Waals surface area contributed by atoms with E-state index in [4.69, 9.17) is 4.74 Å². The number of hydrogen-bond donors (Lipinski definition) is 0. The van der Waals surface area contributed by atoms with Crippen molar-refractivity contribution in [3.8, 4) is 0 Å². The Morgan fingerprint density at radius 2 is 2.04 bits per heavy atom. The van der Waals surface area contributed by atoms with Crippen LogP contribution in [0.15, 0.2) is 40.5 Å². The molecule has 0 spiro atoms. The van der Waals surface area contributed by atoms with Crippen LogP contribution in [0.5, 0.6) is 0 Å². The number of halogens is 1. The SMILES string of the molecule is CCOC(=O)N1C(=O)CC2(c3ccccc3Br)CC(=O)CC=C12. The van der Waals surface area contributed by atoms with Gasteiger partial charge in [-0.15, -0.1) is 0 Å². The Labute approximate surface area is 142 Å². The first-order valence-corrected chi connectivity index (χ1v) is 8.26. The van der Waals surface area contributed by atoms with E-state index >= 15 is 0 Å². The zero-order valence-electron chi connectivity index (χ0n) is 12.7. The summed E-state index contributed by atoms with van der Waals surface area (Å²) in [6.45, 7) is 1.88. The Bertz CT molecular complexity index is 727. The van der Waals surface area contributed by atoms with E-state index in [0.29, 0.717) is 5.70 Å². The van der Waals surface area contributed by atoms with Crippen LogP contribution in [0.1, 0.15) is 31.7 Å². The van der Waals surface area contributed by atoms with E-state index in [1.807, 2.05) is 24.3 Å². The zero-order chi connectivity index (χ0) is 16.6. The molecule has 120 valence electrons. The van der Waals surface area contributed by atoms with Crippen molar-refractivity contribution in [2.45, 2.75) is 31.6 Å². The third kappa shape index (κ3) is 2.51. The molecule has 0 saturated carbocycles. The molecule has 1 heterocycles. The van der Waals surface area contributed by atoms with Crippen LogP contribution in [0, 0.1) is 0 Å². The van der Waals surface area contributed by atoms with Gasteiger partial charge >= 0.3 is 6.09 Å². The molecule has 3 rings (SSSR count). The number of Topliss-reactive ketones (excluding diaryl/α,β-unsaturated/α-hetero) is 1.